The molecule has 3 rings (SSSR count). The van der Waals surface area contributed by atoms with Crippen LogP contribution in [0.2, 0.25) is 0 Å². The lowest BCUT2D eigenvalue weighted by Crippen LogP contribution is -2.38. The molecule has 0 radical (unpaired) electrons. The highest BCUT2D eigenvalue weighted by atomic mass is 127. The van der Waals surface area contributed by atoms with Crippen molar-refractivity contribution < 1.29 is 4.74 Å². The van der Waals surface area contributed by atoms with Crippen LogP contribution in [0.1, 0.15) is 56.9 Å². The third-order valence-corrected chi connectivity index (χ3v) is 4.53. The molecule has 0 saturated heterocycles. The van der Waals surface area contributed by atoms with Crippen molar-refractivity contribution in [2.75, 3.05) is 0 Å². The van der Waals surface area contributed by atoms with Crippen molar-refractivity contribution in [3.8, 4) is 5.88 Å². The molecule has 0 aliphatic heterocycles. The monoisotopic (exact) mass is 430 g/mol. The molecule has 128 valence electrons. The van der Waals surface area contributed by atoms with Crippen LogP contribution in [-0.4, -0.2) is 23.1 Å². The van der Waals surface area contributed by atoms with Crippen LogP contribution in [-0.2, 0) is 6.54 Å². The zero-order chi connectivity index (χ0) is 15.2. The van der Waals surface area contributed by atoms with E-state index in [1.54, 1.807) is 6.20 Å². The standard InChI is InChI=1S/C17H26N4O.HI/c18-17(21-14-5-1-2-6-14)20-12-13-9-10-19-16(11-13)22-15-7-3-4-8-15;/h9-11,14-15H,1-8,12H2,(H3,18,20,21);1H. The normalized spacial score (nSPS) is 19.6. The maximum absolute atomic E-state index is 5.96. The first-order chi connectivity index (χ1) is 10.8. The first-order valence-electron chi connectivity index (χ1n) is 8.47. The zero-order valence-electron chi connectivity index (χ0n) is 13.5. The number of nitrogens with zero attached hydrogens (tertiary/aromatic N) is 2. The number of nitrogens with two attached hydrogens (primary N) is 1. The summed E-state index contributed by atoms with van der Waals surface area (Å²) in [4.78, 5) is 8.73. The number of pyridine rings is 1. The Bertz CT molecular complexity index is 511. The van der Waals surface area contributed by atoms with Crippen molar-refractivity contribution in [2.45, 2.75) is 70.1 Å². The molecular weight excluding hydrogens is 403 g/mol. The van der Waals surface area contributed by atoms with Crippen molar-refractivity contribution in [3.05, 3.63) is 23.9 Å². The number of aliphatic imine (C=N–C) groups is 1. The lowest BCUT2D eigenvalue weighted by Gasteiger charge is -2.13. The number of guanidine groups is 1. The van der Waals surface area contributed by atoms with Gasteiger partial charge in [-0.1, -0.05) is 12.8 Å². The summed E-state index contributed by atoms with van der Waals surface area (Å²) >= 11 is 0. The Kier molecular flexibility index (Phi) is 7.39. The van der Waals surface area contributed by atoms with E-state index in [-0.39, 0.29) is 24.0 Å². The molecule has 0 spiro atoms. The van der Waals surface area contributed by atoms with Crippen LogP contribution in [0, 0.1) is 0 Å². The third kappa shape index (κ3) is 5.82. The van der Waals surface area contributed by atoms with E-state index in [4.69, 9.17) is 10.5 Å². The lowest BCUT2D eigenvalue weighted by molar-refractivity contribution is 0.201. The summed E-state index contributed by atoms with van der Waals surface area (Å²) in [7, 11) is 0. The molecule has 3 N–H and O–H groups in total. The Hall–Kier alpha value is -1.05. The Morgan fingerprint density at radius 1 is 1.22 bits per heavy atom. The van der Waals surface area contributed by atoms with E-state index in [2.05, 4.69) is 15.3 Å². The van der Waals surface area contributed by atoms with Crippen LogP contribution in [0.5, 0.6) is 5.88 Å². The van der Waals surface area contributed by atoms with Crippen LogP contribution in [0.15, 0.2) is 23.3 Å². The van der Waals surface area contributed by atoms with Crippen molar-refractivity contribution in [3.63, 3.8) is 0 Å². The van der Waals surface area contributed by atoms with Gasteiger partial charge >= 0.3 is 0 Å². The highest BCUT2D eigenvalue weighted by Gasteiger charge is 2.17. The minimum absolute atomic E-state index is 0. The van der Waals surface area contributed by atoms with Crippen molar-refractivity contribution in [1.82, 2.24) is 10.3 Å². The second-order valence-electron chi connectivity index (χ2n) is 6.35. The van der Waals surface area contributed by atoms with Crippen LogP contribution >= 0.6 is 24.0 Å². The van der Waals surface area contributed by atoms with Gasteiger partial charge in [0.2, 0.25) is 5.88 Å². The second kappa shape index (κ2) is 9.30. The number of halogens is 1. The van der Waals surface area contributed by atoms with E-state index < -0.39 is 0 Å². The van der Waals surface area contributed by atoms with Crippen LogP contribution in [0.4, 0.5) is 0 Å². The molecular formula is C17H27IN4O. The van der Waals surface area contributed by atoms with Crippen LogP contribution < -0.4 is 15.8 Å². The Morgan fingerprint density at radius 3 is 2.65 bits per heavy atom. The molecule has 2 saturated carbocycles. The van der Waals surface area contributed by atoms with Gasteiger partial charge in [-0.2, -0.15) is 0 Å². The zero-order valence-corrected chi connectivity index (χ0v) is 15.9. The maximum Gasteiger partial charge on any atom is 0.213 e. The fraction of sp³-hybridized carbons (Fsp3) is 0.647. The number of nitrogens with one attached hydrogen (secondary N) is 1. The molecule has 0 aromatic carbocycles. The summed E-state index contributed by atoms with van der Waals surface area (Å²) in [6, 6.07) is 4.45. The second-order valence-corrected chi connectivity index (χ2v) is 6.35. The van der Waals surface area contributed by atoms with Crippen molar-refractivity contribution in [2.24, 2.45) is 10.7 Å². The lowest BCUT2D eigenvalue weighted by atomic mass is 10.2. The Balaban J connectivity index is 0.00000192. The predicted molar refractivity (Wildman–Crippen MR) is 103 cm³/mol. The summed E-state index contributed by atoms with van der Waals surface area (Å²) < 4.78 is 5.92. The van der Waals surface area contributed by atoms with E-state index in [9.17, 15) is 0 Å². The van der Waals surface area contributed by atoms with Crippen molar-refractivity contribution in [1.29, 1.82) is 0 Å². The fourth-order valence-electron chi connectivity index (χ4n) is 3.29. The summed E-state index contributed by atoms with van der Waals surface area (Å²) in [5, 5.41) is 3.30. The van der Waals surface area contributed by atoms with Gasteiger partial charge in [-0.25, -0.2) is 9.98 Å². The first kappa shape index (κ1) is 18.3. The van der Waals surface area contributed by atoms with Gasteiger partial charge in [0.1, 0.15) is 6.10 Å². The van der Waals surface area contributed by atoms with Crippen molar-refractivity contribution >= 4 is 29.9 Å². The summed E-state index contributed by atoms with van der Waals surface area (Å²) in [5.41, 5.74) is 7.05. The maximum atomic E-state index is 5.96. The summed E-state index contributed by atoms with van der Waals surface area (Å²) in [6.45, 7) is 0.565. The molecule has 1 heterocycles. The largest absolute Gasteiger partial charge is 0.474 e. The van der Waals surface area contributed by atoms with Gasteiger partial charge in [-0.05, 0) is 50.2 Å². The SMILES string of the molecule is I.NC(=NCc1ccnc(OC2CCCC2)c1)NC1CCCC1. The van der Waals surface area contributed by atoms with Gasteiger partial charge in [0.15, 0.2) is 5.96 Å². The molecule has 2 aliphatic rings. The average Bonchev–Trinajstić information content (AvgIpc) is 3.19. The molecule has 2 aliphatic carbocycles. The third-order valence-electron chi connectivity index (χ3n) is 4.53. The minimum Gasteiger partial charge on any atom is -0.474 e. The molecule has 1 aromatic rings. The average molecular weight is 430 g/mol. The molecule has 0 amide bonds. The molecule has 2 fully saturated rings. The molecule has 5 nitrogen and oxygen atoms in total. The fourth-order valence-corrected chi connectivity index (χ4v) is 3.29. The van der Waals surface area contributed by atoms with Gasteiger partial charge < -0.3 is 15.8 Å². The highest BCUT2D eigenvalue weighted by molar-refractivity contribution is 14.0. The van der Waals surface area contributed by atoms with Gasteiger partial charge in [-0.3, -0.25) is 0 Å². The summed E-state index contributed by atoms with van der Waals surface area (Å²) in [6.07, 6.45) is 11.9. The van der Waals surface area contributed by atoms with Gasteiger partial charge in [-0.15, -0.1) is 24.0 Å². The van der Waals surface area contributed by atoms with E-state index in [1.165, 1.54) is 38.5 Å². The minimum atomic E-state index is 0. The molecule has 0 bridgehead atoms. The number of hydrogen-bond acceptors (Lipinski definition) is 3. The first-order valence-corrected chi connectivity index (χ1v) is 8.47. The summed E-state index contributed by atoms with van der Waals surface area (Å²) in [5.74, 6) is 1.25. The predicted octanol–water partition coefficient (Wildman–Crippen LogP) is 3.37. The van der Waals surface area contributed by atoms with E-state index in [1.807, 2.05) is 12.1 Å². The molecule has 1 aromatic heterocycles. The molecule has 23 heavy (non-hydrogen) atoms. The highest BCUT2D eigenvalue weighted by Crippen LogP contribution is 2.23. The van der Waals surface area contributed by atoms with Crippen LogP contribution in [0.3, 0.4) is 0 Å². The number of hydrogen-bond donors (Lipinski definition) is 2. The quantitative estimate of drug-likeness (QED) is 0.427. The van der Waals surface area contributed by atoms with E-state index in [0.717, 1.165) is 18.4 Å². The molecule has 6 heteroatoms. The van der Waals surface area contributed by atoms with Gasteiger partial charge in [0.25, 0.3) is 0 Å². The van der Waals surface area contributed by atoms with Gasteiger partial charge in [0.05, 0.1) is 6.54 Å². The number of aromatic nitrogens is 1. The van der Waals surface area contributed by atoms with Crippen LogP contribution in [0.25, 0.3) is 0 Å². The van der Waals surface area contributed by atoms with Gasteiger partial charge in [0, 0.05) is 18.3 Å². The van der Waals surface area contributed by atoms with E-state index in [0.29, 0.717) is 30.5 Å². The molecule has 0 unspecified atom stereocenters. The Labute approximate surface area is 155 Å². The van der Waals surface area contributed by atoms with E-state index >= 15 is 0 Å². The smallest absolute Gasteiger partial charge is 0.213 e. The number of ether oxygens (including phenoxy) is 1. The Morgan fingerprint density at radius 2 is 1.91 bits per heavy atom. The molecule has 0 atom stereocenters. The topological polar surface area (TPSA) is 72.5 Å². The number of rotatable bonds is 5.